The van der Waals surface area contributed by atoms with Gasteiger partial charge in [-0.1, -0.05) is 23.8 Å². The number of benzene rings is 3. The first-order valence-corrected chi connectivity index (χ1v) is 12.1. The van der Waals surface area contributed by atoms with E-state index in [1.165, 1.54) is 18.5 Å². The van der Waals surface area contributed by atoms with Crippen molar-refractivity contribution in [1.82, 2.24) is 0 Å². The Balaban J connectivity index is 1.68. The van der Waals surface area contributed by atoms with Gasteiger partial charge in [0, 0.05) is 6.07 Å². The monoisotopic (exact) mass is 482 g/mol. The number of amides is 1. The Labute approximate surface area is 199 Å². The number of hydrogen-bond donors (Lipinski definition) is 1. The van der Waals surface area contributed by atoms with Gasteiger partial charge in [-0.2, -0.15) is 0 Å². The lowest BCUT2D eigenvalue weighted by atomic mass is 10.1. The van der Waals surface area contributed by atoms with Crippen LogP contribution in [0.5, 0.6) is 17.2 Å². The summed E-state index contributed by atoms with van der Waals surface area (Å²) >= 11 is 0. The quantitative estimate of drug-likeness (QED) is 0.573. The van der Waals surface area contributed by atoms with E-state index >= 15 is 0 Å². The fourth-order valence-electron chi connectivity index (χ4n) is 3.68. The maximum atomic E-state index is 13.6. The van der Waals surface area contributed by atoms with Gasteiger partial charge in [-0.05, 0) is 55.8 Å². The Hall–Kier alpha value is -3.72. The van der Waals surface area contributed by atoms with Crippen LogP contribution in [0.2, 0.25) is 0 Å². The third-order valence-corrected chi connectivity index (χ3v) is 7.35. The average molecular weight is 483 g/mol. The number of nitrogens with zero attached hydrogens (tertiary/aromatic N) is 1. The Morgan fingerprint density at radius 2 is 1.68 bits per heavy atom. The molecule has 0 radical (unpaired) electrons. The summed E-state index contributed by atoms with van der Waals surface area (Å²) in [5.41, 5.74) is 2.63. The van der Waals surface area contributed by atoms with E-state index in [2.05, 4.69) is 5.32 Å². The minimum absolute atomic E-state index is 0.142. The van der Waals surface area contributed by atoms with E-state index in [9.17, 15) is 13.2 Å². The SMILES string of the molecule is COc1ccc(NC(=O)[C@H]2CN(S(=O)(=O)c3ccc(C)cc3)c3cc(C)ccc3O2)c(OC)c1. The summed E-state index contributed by atoms with van der Waals surface area (Å²) in [5.74, 6) is 0.792. The van der Waals surface area contributed by atoms with E-state index in [0.29, 0.717) is 28.6 Å². The van der Waals surface area contributed by atoms with Gasteiger partial charge in [-0.3, -0.25) is 9.10 Å². The highest BCUT2D eigenvalue weighted by Crippen LogP contribution is 2.38. The normalized spacial score (nSPS) is 15.2. The smallest absolute Gasteiger partial charge is 0.267 e. The minimum atomic E-state index is -3.94. The third kappa shape index (κ3) is 4.51. The van der Waals surface area contributed by atoms with Gasteiger partial charge >= 0.3 is 0 Å². The largest absolute Gasteiger partial charge is 0.497 e. The van der Waals surface area contributed by atoms with Gasteiger partial charge in [0.05, 0.1) is 37.0 Å². The van der Waals surface area contributed by atoms with Gasteiger partial charge < -0.3 is 19.5 Å². The zero-order valence-corrected chi connectivity index (χ0v) is 20.2. The van der Waals surface area contributed by atoms with E-state index in [1.807, 2.05) is 19.9 Å². The molecule has 3 aromatic carbocycles. The molecule has 1 amide bonds. The van der Waals surface area contributed by atoms with Crippen LogP contribution in [0.3, 0.4) is 0 Å². The molecule has 0 fully saturated rings. The molecule has 1 heterocycles. The zero-order chi connectivity index (χ0) is 24.5. The van der Waals surface area contributed by atoms with E-state index in [1.54, 1.807) is 54.6 Å². The number of anilines is 2. The molecule has 1 aliphatic heterocycles. The summed E-state index contributed by atoms with van der Waals surface area (Å²) in [6.45, 7) is 3.57. The van der Waals surface area contributed by atoms with Crippen molar-refractivity contribution in [2.75, 3.05) is 30.4 Å². The van der Waals surface area contributed by atoms with Gasteiger partial charge in [-0.15, -0.1) is 0 Å². The summed E-state index contributed by atoms with van der Waals surface area (Å²) in [4.78, 5) is 13.3. The van der Waals surface area contributed by atoms with Crippen molar-refractivity contribution in [3.63, 3.8) is 0 Å². The number of carbonyl (C=O) groups is 1. The molecule has 0 spiro atoms. The number of fused-ring (bicyclic) bond motifs is 1. The van der Waals surface area contributed by atoms with Crippen molar-refractivity contribution < 1.29 is 27.4 Å². The molecular formula is C25H26N2O6S. The van der Waals surface area contributed by atoms with Crippen molar-refractivity contribution in [2.45, 2.75) is 24.8 Å². The number of hydrogen-bond acceptors (Lipinski definition) is 6. The second-order valence-corrected chi connectivity index (χ2v) is 9.84. The van der Waals surface area contributed by atoms with Crippen LogP contribution >= 0.6 is 0 Å². The molecule has 0 unspecified atom stereocenters. The molecule has 0 saturated carbocycles. The van der Waals surface area contributed by atoms with Crippen molar-refractivity contribution >= 4 is 27.3 Å². The summed E-state index contributed by atoms with van der Waals surface area (Å²) in [5, 5.41) is 2.78. The Kier molecular flexibility index (Phi) is 6.39. The predicted octanol–water partition coefficient (Wildman–Crippen LogP) is 3.92. The molecule has 1 atom stereocenters. The lowest BCUT2D eigenvalue weighted by molar-refractivity contribution is -0.122. The predicted molar refractivity (Wildman–Crippen MR) is 129 cm³/mol. The number of rotatable bonds is 6. The van der Waals surface area contributed by atoms with Crippen molar-refractivity contribution in [3.8, 4) is 17.2 Å². The fourth-order valence-corrected chi connectivity index (χ4v) is 5.15. The summed E-state index contributed by atoms with van der Waals surface area (Å²) < 4.78 is 44.9. The molecule has 1 N–H and O–H groups in total. The van der Waals surface area contributed by atoms with Crippen LogP contribution in [-0.2, 0) is 14.8 Å². The molecule has 3 aromatic rings. The number of carbonyl (C=O) groups excluding carboxylic acids is 1. The topological polar surface area (TPSA) is 94.2 Å². The second kappa shape index (κ2) is 9.26. The second-order valence-electron chi connectivity index (χ2n) is 7.98. The molecule has 9 heteroatoms. The van der Waals surface area contributed by atoms with Gasteiger partial charge in [0.2, 0.25) is 0 Å². The first-order chi connectivity index (χ1) is 16.2. The minimum Gasteiger partial charge on any atom is -0.497 e. The van der Waals surface area contributed by atoms with E-state index in [-0.39, 0.29) is 11.4 Å². The molecule has 0 bridgehead atoms. The van der Waals surface area contributed by atoms with Gasteiger partial charge in [-0.25, -0.2) is 8.42 Å². The number of methoxy groups -OCH3 is 2. The van der Waals surface area contributed by atoms with Crippen molar-refractivity contribution in [3.05, 3.63) is 71.8 Å². The van der Waals surface area contributed by atoms with Crippen LogP contribution in [0.1, 0.15) is 11.1 Å². The lowest BCUT2D eigenvalue weighted by Crippen LogP contribution is -2.48. The number of aryl methyl sites for hydroxylation is 2. The first kappa shape index (κ1) is 23.4. The van der Waals surface area contributed by atoms with E-state index in [0.717, 1.165) is 11.1 Å². The fraction of sp³-hybridized carbons (Fsp3) is 0.240. The summed E-state index contributed by atoms with van der Waals surface area (Å²) in [6, 6.07) is 16.8. The molecule has 34 heavy (non-hydrogen) atoms. The lowest BCUT2D eigenvalue weighted by Gasteiger charge is -2.35. The number of nitrogens with one attached hydrogen (secondary N) is 1. The number of ether oxygens (including phenoxy) is 3. The highest BCUT2D eigenvalue weighted by atomic mass is 32.2. The Bertz CT molecular complexity index is 1320. The van der Waals surface area contributed by atoms with Crippen molar-refractivity contribution in [1.29, 1.82) is 0 Å². The highest BCUT2D eigenvalue weighted by Gasteiger charge is 2.38. The molecule has 1 aliphatic rings. The van der Waals surface area contributed by atoms with Gasteiger partial charge in [0.25, 0.3) is 15.9 Å². The average Bonchev–Trinajstić information content (AvgIpc) is 2.83. The highest BCUT2D eigenvalue weighted by molar-refractivity contribution is 7.92. The molecule has 8 nitrogen and oxygen atoms in total. The first-order valence-electron chi connectivity index (χ1n) is 10.6. The van der Waals surface area contributed by atoms with Crippen LogP contribution in [0.25, 0.3) is 0 Å². The van der Waals surface area contributed by atoms with Crippen LogP contribution < -0.4 is 23.8 Å². The molecule has 178 valence electrons. The van der Waals surface area contributed by atoms with E-state index in [4.69, 9.17) is 14.2 Å². The molecule has 0 saturated heterocycles. The molecule has 4 rings (SSSR count). The van der Waals surface area contributed by atoms with Crippen molar-refractivity contribution in [2.24, 2.45) is 0 Å². The third-order valence-electron chi connectivity index (χ3n) is 5.55. The Morgan fingerprint density at radius 1 is 0.971 bits per heavy atom. The summed E-state index contributed by atoms with van der Waals surface area (Å²) in [7, 11) is -0.923. The molecular weight excluding hydrogens is 456 g/mol. The Morgan fingerprint density at radius 3 is 2.35 bits per heavy atom. The van der Waals surface area contributed by atoms with Gasteiger partial charge in [0.15, 0.2) is 6.10 Å². The van der Waals surface area contributed by atoms with Crippen LogP contribution in [0.15, 0.2) is 65.6 Å². The standard InChI is InChI=1S/C25H26N2O6S/c1-16-5-9-19(10-6-16)34(29,30)27-15-24(33-22-12-7-17(2)13-21(22)27)25(28)26-20-11-8-18(31-3)14-23(20)32-4/h5-14,24H,15H2,1-4H3,(H,26,28)/t24-/m1/s1. The van der Waals surface area contributed by atoms with Crippen LogP contribution in [0.4, 0.5) is 11.4 Å². The maximum Gasteiger partial charge on any atom is 0.267 e. The summed E-state index contributed by atoms with van der Waals surface area (Å²) in [6.07, 6.45) is -1.08. The van der Waals surface area contributed by atoms with Crippen LogP contribution in [-0.4, -0.2) is 41.2 Å². The zero-order valence-electron chi connectivity index (χ0n) is 19.4. The molecule has 0 aliphatic carbocycles. The maximum absolute atomic E-state index is 13.6. The number of sulfonamides is 1. The van der Waals surface area contributed by atoms with E-state index < -0.39 is 22.0 Å². The molecule has 0 aromatic heterocycles. The van der Waals surface area contributed by atoms with Crippen LogP contribution in [0, 0.1) is 13.8 Å². The van der Waals surface area contributed by atoms with Gasteiger partial charge in [0.1, 0.15) is 17.2 Å².